The van der Waals surface area contributed by atoms with Crippen LogP contribution in [-0.2, 0) is 11.3 Å². The molecule has 1 amide bonds. The fourth-order valence-corrected chi connectivity index (χ4v) is 2.96. The zero-order chi connectivity index (χ0) is 18.7. The fraction of sp³-hybridized carbons (Fsp3) is 0.105. The number of pyridine rings is 1. The Bertz CT molecular complexity index is 1010. The molecule has 26 heavy (non-hydrogen) atoms. The third kappa shape index (κ3) is 3.48. The molecule has 1 heterocycles. The van der Waals surface area contributed by atoms with Crippen LogP contribution in [0.2, 0.25) is 5.02 Å². The van der Waals surface area contributed by atoms with Crippen LogP contribution in [0.3, 0.4) is 0 Å². The van der Waals surface area contributed by atoms with Gasteiger partial charge in [0.25, 0.3) is 0 Å². The van der Waals surface area contributed by atoms with E-state index in [0.29, 0.717) is 5.52 Å². The number of halogens is 3. The number of fused-ring (bicyclic) bond motifs is 1. The average Bonchev–Trinajstić information content (AvgIpc) is 2.66. The first kappa shape index (κ1) is 18.1. The molecule has 2 aromatic carbocycles. The molecule has 0 spiro atoms. The van der Waals surface area contributed by atoms with E-state index in [-0.39, 0.29) is 34.4 Å². The Labute approximate surface area is 159 Å². The number of para-hydroxylation sites is 1. The van der Waals surface area contributed by atoms with Crippen molar-refractivity contribution >= 4 is 45.8 Å². The van der Waals surface area contributed by atoms with Crippen molar-refractivity contribution in [2.24, 2.45) is 0 Å². The van der Waals surface area contributed by atoms with Gasteiger partial charge in [0.05, 0.1) is 17.6 Å². The molecule has 0 saturated carbocycles. The molecule has 4 nitrogen and oxygen atoms in total. The van der Waals surface area contributed by atoms with Crippen molar-refractivity contribution in [3.63, 3.8) is 0 Å². The monoisotopic (exact) mass is 387 g/mol. The number of rotatable bonds is 4. The van der Waals surface area contributed by atoms with Gasteiger partial charge in [-0.1, -0.05) is 35.9 Å². The predicted molar refractivity (Wildman–Crippen MR) is 99.8 cm³/mol. The molecular weight excluding hydrogens is 376 g/mol. The highest BCUT2D eigenvalue weighted by Gasteiger charge is 2.23. The molecule has 130 valence electrons. The van der Waals surface area contributed by atoms with Crippen LogP contribution >= 0.6 is 23.2 Å². The summed E-state index contributed by atoms with van der Waals surface area (Å²) in [4.78, 5) is 18.0. The number of amides is 1. The molecule has 3 rings (SSSR count). The summed E-state index contributed by atoms with van der Waals surface area (Å²) in [5, 5.41) is 10.4. The number of benzene rings is 2. The minimum atomic E-state index is -0.552. The van der Waals surface area contributed by atoms with Gasteiger partial charge in [-0.3, -0.25) is 9.69 Å². The zero-order valence-corrected chi connectivity index (χ0v) is 14.9. The van der Waals surface area contributed by atoms with Crippen LogP contribution in [-0.4, -0.2) is 16.8 Å². The molecule has 0 unspecified atom stereocenters. The van der Waals surface area contributed by atoms with E-state index in [1.165, 1.54) is 23.1 Å². The van der Waals surface area contributed by atoms with Crippen molar-refractivity contribution in [2.45, 2.75) is 6.54 Å². The van der Waals surface area contributed by atoms with Crippen LogP contribution in [0.4, 0.5) is 10.2 Å². The van der Waals surface area contributed by atoms with Crippen LogP contribution in [0.5, 0.6) is 0 Å². The summed E-state index contributed by atoms with van der Waals surface area (Å²) in [6.45, 7) is -0.183. The Kier molecular flexibility index (Phi) is 5.36. The van der Waals surface area contributed by atoms with Gasteiger partial charge in [0.2, 0.25) is 5.91 Å². The van der Waals surface area contributed by atoms with Crippen molar-refractivity contribution in [3.05, 3.63) is 70.5 Å². The van der Waals surface area contributed by atoms with Gasteiger partial charge in [0.1, 0.15) is 17.8 Å². The lowest BCUT2D eigenvalue weighted by atomic mass is 10.1. The molecule has 0 radical (unpaired) electrons. The summed E-state index contributed by atoms with van der Waals surface area (Å²) in [7, 11) is 0. The molecule has 0 aliphatic carbocycles. The van der Waals surface area contributed by atoms with Gasteiger partial charge in [-0.2, -0.15) is 5.26 Å². The molecule has 3 aromatic rings. The summed E-state index contributed by atoms with van der Waals surface area (Å²) in [5.41, 5.74) is 0.926. The standard InChI is InChI=1S/C19H12Cl2FN3O/c20-9-18(26)25(11-14-15(21)5-3-6-16(14)22)19-13(10-23)8-12-4-1-2-7-17(12)24-19/h1-8H,9,11H2. The molecule has 1 aromatic heterocycles. The Morgan fingerprint density at radius 1 is 1.23 bits per heavy atom. The van der Waals surface area contributed by atoms with E-state index in [4.69, 9.17) is 23.2 Å². The van der Waals surface area contributed by atoms with Gasteiger partial charge in [-0.05, 0) is 24.3 Å². The van der Waals surface area contributed by atoms with Crippen LogP contribution in [0, 0.1) is 17.1 Å². The highest BCUT2D eigenvalue weighted by atomic mass is 35.5. The van der Waals surface area contributed by atoms with E-state index in [1.54, 1.807) is 18.2 Å². The summed E-state index contributed by atoms with van der Waals surface area (Å²) >= 11 is 11.8. The van der Waals surface area contributed by atoms with Crippen LogP contribution in [0.25, 0.3) is 10.9 Å². The minimum Gasteiger partial charge on any atom is -0.290 e. The maximum Gasteiger partial charge on any atom is 0.243 e. The largest absolute Gasteiger partial charge is 0.290 e. The van der Waals surface area contributed by atoms with Gasteiger partial charge in [-0.25, -0.2) is 9.37 Å². The molecule has 0 atom stereocenters. The minimum absolute atomic E-state index is 0.121. The van der Waals surface area contributed by atoms with Crippen molar-refractivity contribution in [1.82, 2.24) is 4.98 Å². The molecule has 0 bridgehead atoms. The van der Waals surface area contributed by atoms with Gasteiger partial charge in [-0.15, -0.1) is 11.6 Å². The fourth-order valence-electron chi connectivity index (χ4n) is 2.59. The smallest absolute Gasteiger partial charge is 0.243 e. The van der Waals surface area contributed by atoms with Crippen molar-refractivity contribution in [3.8, 4) is 6.07 Å². The lowest BCUT2D eigenvalue weighted by molar-refractivity contribution is -0.116. The number of hydrogen-bond acceptors (Lipinski definition) is 3. The lowest BCUT2D eigenvalue weighted by Crippen LogP contribution is -2.33. The number of carbonyl (C=O) groups excluding carboxylic acids is 1. The van der Waals surface area contributed by atoms with Gasteiger partial charge in [0.15, 0.2) is 5.82 Å². The lowest BCUT2D eigenvalue weighted by Gasteiger charge is -2.23. The van der Waals surface area contributed by atoms with E-state index in [9.17, 15) is 14.4 Å². The molecule has 0 aliphatic heterocycles. The number of nitriles is 1. The van der Waals surface area contributed by atoms with E-state index in [2.05, 4.69) is 4.98 Å². The summed E-state index contributed by atoms with van der Waals surface area (Å²) in [5.74, 6) is -1.28. The molecule has 0 saturated heterocycles. The van der Waals surface area contributed by atoms with E-state index in [1.807, 2.05) is 18.2 Å². The van der Waals surface area contributed by atoms with Crippen molar-refractivity contribution < 1.29 is 9.18 Å². The van der Waals surface area contributed by atoms with E-state index < -0.39 is 11.7 Å². The van der Waals surface area contributed by atoms with E-state index >= 15 is 0 Å². The first-order chi connectivity index (χ1) is 12.5. The average molecular weight is 388 g/mol. The predicted octanol–water partition coefficient (Wildman–Crippen LogP) is 4.67. The second-order valence-electron chi connectivity index (χ2n) is 5.48. The number of alkyl halides is 1. The van der Waals surface area contributed by atoms with Gasteiger partial charge >= 0.3 is 0 Å². The normalized spacial score (nSPS) is 10.5. The number of nitrogens with zero attached hydrogens (tertiary/aromatic N) is 3. The number of carbonyl (C=O) groups is 1. The Balaban J connectivity index is 2.16. The van der Waals surface area contributed by atoms with Crippen molar-refractivity contribution in [1.29, 1.82) is 5.26 Å². The Morgan fingerprint density at radius 3 is 2.69 bits per heavy atom. The first-order valence-corrected chi connectivity index (χ1v) is 8.55. The number of anilines is 1. The summed E-state index contributed by atoms with van der Waals surface area (Å²) < 4.78 is 14.2. The number of hydrogen-bond donors (Lipinski definition) is 0. The zero-order valence-electron chi connectivity index (χ0n) is 13.4. The highest BCUT2D eigenvalue weighted by molar-refractivity contribution is 6.31. The van der Waals surface area contributed by atoms with Crippen LogP contribution < -0.4 is 4.90 Å². The third-order valence-corrected chi connectivity index (χ3v) is 4.46. The Morgan fingerprint density at radius 2 is 2.00 bits per heavy atom. The maximum atomic E-state index is 14.2. The van der Waals surface area contributed by atoms with E-state index in [0.717, 1.165) is 5.39 Å². The van der Waals surface area contributed by atoms with Gasteiger partial charge < -0.3 is 0 Å². The molecule has 7 heteroatoms. The molecule has 0 aliphatic rings. The maximum absolute atomic E-state index is 14.2. The quantitative estimate of drug-likeness (QED) is 0.611. The summed E-state index contributed by atoms with van der Waals surface area (Å²) in [6.07, 6.45) is 0. The van der Waals surface area contributed by atoms with Crippen LogP contribution in [0.1, 0.15) is 11.1 Å². The van der Waals surface area contributed by atoms with Crippen LogP contribution in [0.15, 0.2) is 48.5 Å². The molecular formula is C19H12Cl2FN3O. The Hall–Kier alpha value is -2.68. The summed E-state index contributed by atoms with van der Waals surface area (Å²) in [6, 6.07) is 15.1. The molecule has 0 fully saturated rings. The van der Waals surface area contributed by atoms with Gasteiger partial charge in [0, 0.05) is 16.0 Å². The number of aromatic nitrogens is 1. The molecule has 0 N–H and O–H groups in total. The highest BCUT2D eigenvalue weighted by Crippen LogP contribution is 2.28. The third-order valence-electron chi connectivity index (χ3n) is 3.87. The SMILES string of the molecule is N#Cc1cc2ccccc2nc1N(Cc1c(F)cccc1Cl)C(=O)CCl. The van der Waals surface area contributed by atoms with Crippen molar-refractivity contribution in [2.75, 3.05) is 10.8 Å². The first-order valence-electron chi connectivity index (χ1n) is 7.64. The second kappa shape index (κ2) is 7.69. The topological polar surface area (TPSA) is 57.0 Å². The second-order valence-corrected chi connectivity index (χ2v) is 6.15.